The first-order valence-corrected chi connectivity index (χ1v) is 5.58. The number of halogens is 1. The van der Waals surface area contributed by atoms with Crippen LogP contribution in [-0.2, 0) is 0 Å². The van der Waals surface area contributed by atoms with Gasteiger partial charge < -0.3 is 15.2 Å². The fourth-order valence-corrected chi connectivity index (χ4v) is 1.61. The van der Waals surface area contributed by atoms with Crippen LogP contribution in [0.3, 0.4) is 0 Å². The third kappa shape index (κ3) is 2.47. The van der Waals surface area contributed by atoms with Crippen LogP contribution in [0.25, 0.3) is 0 Å². The van der Waals surface area contributed by atoms with Gasteiger partial charge in [-0.15, -0.1) is 0 Å². The molecule has 1 heterocycles. The molecule has 2 rings (SSSR count). The number of aromatic nitrogens is 2. The average Bonchev–Trinajstić information content (AvgIpc) is 2.34. The van der Waals surface area contributed by atoms with E-state index in [-0.39, 0.29) is 11.6 Å². The van der Waals surface area contributed by atoms with Gasteiger partial charge in [-0.3, -0.25) is 0 Å². The largest absolute Gasteiger partial charge is 0.479 e. The monoisotopic (exact) mass is 295 g/mol. The molecule has 0 aliphatic carbocycles. The molecule has 0 spiro atoms. The van der Waals surface area contributed by atoms with Crippen LogP contribution < -0.4 is 15.2 Å². The van der Waals surface area contributed by atoms with Crippen LogP contribution in [0.2, 0.25) is 0 Å². The number of hydrogen-bond donors (Lipinski definition) is 1. The van der Waals surface area contributed by atoms with Gasteiger partial charge in [-0.2, -0.15) is 9.97 Å². The Morgan fingerprint density at radius 1 is 1.18 bits per heavy atom. The zero-order valence-electron chi connectivity index (χ0n) is 9.05. The van der Waals surface area contributed by atoms with Gasteiger partial charge in [-0.1, -0.05) is 12.1 Å². The van der Waals surface area contributed by atoms with Crippen molar-refractivity contribution in [3.8, 4) is 17.5 Å². The lowest BCUT2D eigenvalue weighted by atomic mass is 10.3. The summed E-state index contributed by atoms with van der Waals surface area (Å²) >= 11 is 3.37. The zero-order valence-corrected chi connectivity index (χ0v) is 10.6. The topological polar surface area (TPSA) is 70.3 Å². The van der Waals surface area contributed by atoms with Crippen molar-refractivity contribution in [2.24, 2.45) is 0 Å². The van der Waals surface area contributed by atoms with E-state index in [4.69, 9.17) is 15.2 Å². The maximum atomic E-state index is 5.80. The minimum atomic E-state index is 0.267. The van der Waals surface area contributed by atoms with Crippen LogP contribution >= 0.6 is 15.9 Å². The molecule has 2 N–H and O–H groups in total. The summed E-state index contributed by atoms with van der Waals surface area (Å²) in [6.45, 7) is 0. The van der Waals surface area contributed by atoms with Crippen LogP contribution in [0.1, 0.15) is 0 Å². The Morgan fingerprint density at radius 2 is 1.88 bits per heavy atom. The molecule has 0 unspecified atom stereocenters. The predicted octanol–water partition coefficient (Wildman–Crippen LogP) is 2.62. The highest BCUT2D eigenvalue weighted by atomic mass is 79.9. The van der Waals surface area contributed by atoms with Crippen molar-refractivity contribution in [3.05, 3.63) is 35.1 Å². The number of benzene rings is 1. The molecule has 17 heavy (non-hydrogen) atoms. The van der Waals surface area contributed by atoms with Gasteiger partial charge in [-0.05, 0) is 28.1 Å². The number of para-hydroxylation sites is 1. The first-order valence-electron chi connectivity index (χ1n) is 4.79. The molecule has 0 bridgehead atoms. The molecule has 5 nitrogen and oxygen atoms in total. The van der Waals surface area contributed by atoms with Gasteiger partial charge >= 0.3 is 0 Å². The van der Waals surface area contributed by atoms with E-state index in [0.717, 1.165) is 4.47 Å². The Morgan fingerprint density at radius 3 is 2.59 bits per heavy atom. The Hall–Kier alpha value is -1.82. The van der Waals surface area contributed by atoms with Crippen LogP contribution in [0.4, 0.5) is 5.69 Å². The predicted molar refractivity (Wildman–Crippen MR) is 67.2 cm³/mol. The van der Waals surface area contributed by atoms with Crippen molar-refractivity contribution < 1.29 is 9.47 Å². The second kappa shape index (κ2) is 5.01. The van der Waals surface area contributed by atoms with Gasteiger partial charge in [-0.25, -0.2) is 0 Å². The molecule has 0 fully saturated rings. The minimum absolute atomic E-state index is 0.267. The van der Waals surface area contributed by atoms with Crippen LogP contribution in [0, 0.1) is 0 Å². The fraction of sp³-hybridized carbons (Fsp3) is 0.0909. The zero-order chi connectivity index (χ0) is 12.3. The molecule has 2 aromatic rings. The quantitative estimate of drug-likeness (QED) is 0.942. The van der Waals surface area contributed by atoms with Crippen molar-refractivity contribution in [3.63, 3.8) is 0 Å². The van der Waals surface area contributed by atoms with E-state index in [2.05, 4.69) is 25.9 Å². The normalized spacial score (nSPS) is 10.0. The summed E-state index contributed by atoms with van der Waals surface area (Å²) in [6, 6.07) is 7.41. The first kappa shape index (κ1) is 11.7. The molecule has 0 saturated carbocycles. The molecule has 0 aliphatic heterocycles. The maximum absolute atomic E-state index is 5.80. The summed E-state index contributed by atoms with van der Waals surface area (Å²) in [6.07, 6.45) is 1.33. The van der Waals surface area contributed by atoms with E-state index in [9.17, 15) is 0 Å². The summed E-state index contributed by atoms with van der Waals surface area (Å²) < 4.78 is 11.4. The second-order valence-corrected chi connectivity index (χ2v) is 3.99. The summed E-state index contributed by atoms with van der Waals surface area (Å²) in [5.74, 6) is 1.19. The Labute approximate surface area is 107 Å². The summed E-state index contributed by atoms with van der Waals surface area (Å²) in [5.41, 5.74) is 6.07. The molecule has 0 atom stereocenters. The summed E-state index contributed by atoms with van der Waals surface area (Å²) in [7, 11) is 1.49. The second-order valence-electron chi connectivity index (χ2n) is 3.13. The van der Waals surface area contributed by atoms with Crippen LogP contribution in [0.15, 0.2) is 35.1 Å². The minimum Gasteiger partial charge on any atom is -0.479 e. The molecular weight excluding hydrogens is 286 g/mol. The third-order valence-corrected chi connectivity index (χ3v) is 2.70. The molecule has 88 valence electrons. The number of nitrogens with two attached hydrogens (primary N) is 1. The molecule has 1 aromatic heterocycles. The molecule has 1 aromatic carbocycles. The van der Waals surface area contributed by atoms with E-state index in [1.54, 1.807) is 6.07 Å². The number of nitrogens with zero attached hydrogens (tertiary/aromatic N) is 2. The van der Waals surface area contributed by atoms with Gasteiger partial charge in [0.2, 0.25) is 11.8 Å². The molecule has 0 saturated heterocycles. The molecule has 0 amide bonds. The standard InChI is InChI=1S/C11H10BrN3O2/c1-16-10-9(13)11(15-6-14-10)17-8-5-3-2-4-7(8)12/h2-6H,13H2,1H3. The van der Waals surface area contributed by atoms with Gasteiger partial charge in [0.05, 0.1) is 11.6 Å². The van der Waals surface area contributed by atoms with E-state index in [0.29, 0.717) is 11.6 Å². The number of hydrogen-bond acceptors (Lipinski definition) is 5. The van der Waals surface area contributed by atoms with Gasteiger partial charge in [0.15, 0.2) is 5.69 Å². The smallest absolute Gasteiger partial charge is 0.249 e. The van der Waals surface area contributed by atoms with Crippen molar-refractivity contribution in [1.29, 1.82) is 0 Å². The Kier molecular flexibility index (Phi) is 3.43. The highest BCUT2D eigenvalue weighted by molar-refractivity contribution is 9.10. The molecule has 6 heteroatoms. The molecular formula is C11H10BrN3O2. The van der Waals surface area contributed by atoms with Crippen molar-refractivity contribution >= 4 is 21.6 Å². The highest BCUT2D eigenvalue weighted by Gasteiger charge is 2.11. The number of anilines is 1. The van der Waals surface area contributed by atoms with E-state index in [1.165, 1.54) is 13.4 Å². The van der Waals surface area contributed by atoms with Crippen molar-refractivity contribution in [2.45, 2.75) is 0 Å². The van der Waals surface area contributed by atoms with E-state index in [1.807, 2.05) is 18.2 Å². The number of methoxy groups -OCH3 is 1. The lowest BCUT2D eigenvalue weighted by molar-refractivity contribution is 0.391. The van der Waals surface area contributed by atoms with Crippen molar-refractivity contribution in [2.75, 3.05) is 12.8 Å². The molecule has 0 radical (unpaired) electrons. The van der Waals surface area contributed by atoms with Gasteiger partial charge in [0.1, 0.15) is 12.1 Å². The highest BCUT2D eigenvalue weighted by Crippen LogP contribution is 2.33. The number of rotatable bonds is 3. The fourth-order valence-electron chi connectivity index (χ4n) is 1.24. The van der Waals surface area contributed by atoms with Gasteiger partial charge in [0.25, 0.3) is 0 Å². The lowest BCUT2D eigenvalue weighted by Gasteiger charge is -2.09. The summed E-state index contributed by atoms with van der Waals surface area (Å²) in [4.78, 5) is 7.84. The van der Waals surface area contributed by atoms with Crippen LogP contribution in [0.5, 0.6) is 17.5 Å². The van der Waals surface area contributed by atoms with Gasteiger partial charge in [0, 0.05) is 0 Å². The number of ether oxygens (including phenoxy) is 2. The lowest BCUT2D eigenvalue weighted by Crippen LogP contribution is -2.00. The first-order chi connectivity index (χ1) is 8.22. The van der Waals surface area contributed by atoms with E-state index >= 15 is 0 Å². The van der Waals surface area contributed by atoms with Crippen molar-refractivity contribution in [1.82, 2.24) is 9.97 Å². The molecule has 0 aliphatic rings. The van der Waals surface area contributed by atoms with Crippen LogP contribution in [-0.4, -0.2) is 17.1 Å². The van der Waals surface area contributed by atoms with E-state index < -0.39 is 0 Å². The Balaban J connectivity index is 2.34. The SMILES string of the molecule is COc1ncnc(Oc2ccccc2Br)c1N. The third-order valence-electron chi connectivity index (χ3n) is 2.05. The maximum Gasteiger partial charge on any atom is 0.249 e. The average molecular weight is 296 g/mol. The Bertz CT molecular complexity index is 534. The number of nitrogen functional groups attached to an aromatic ring is 1. The summed E-state index contributed by atoms with van der Waals surface area (Å²) in [5, 5.41) is 0.